The molecule has 0 N–H and O–H groups in total. The molecular weight excluding hydrogens is 334 g/mol. The van der Waals surface area contributed by atoms with Gasteiger partial charge in [0.1, 0.15) is 18.2 Å². The van der Waals surface area contributed by atoms with Gasteiger partial charge in [-0.1, -0.05) is 11.6 Å². The van der Waals surface area contributed by atoms with Gasteiger partial charge < -0.3 is 9.30 Å². The zero-order chi connectivity index (χ0) is 17.2. The maximum absolute atomic E-state index is 5.99. The van der Waals surface area contributed by atoms with Crippen molar-refractivity contribution in [2.45, 2.75) is 12.8 Å². The molecule has 0 atom stereocenters. The zero-order valence-corrected chi connectivity index (χ0v) is 15.2. The van der Waals surface area contributed by atoms with Crippen LogP contribution in [0.1, 0.15) is 12.8 Å². The number of likely N-dealkylation sites (tertiary alicyclic amines) is 1. The number of fused-ring (bicyclic) bond motifs is 1. The Morgan fingerprint density at radius 2 is 1.84 bits per heavy atom. The third-order valence-corrected chi connectivity index (χ3v) is 5.08. The van der Waals surface area contributed by atoms with Crippen LogP contribution in [-0.4, -0.2) is 40.7 Å². The van der Waals surface area contributed by atoms with Gasteiger partial charge in [0.2, 0.25) is 0 Å². The smallest absolute Gasteiger partial charge is 0.140 e. The fourth-order valence-corrected chi connectivity index (χ4v) is 3.55. The SMILES string of the molecule is Cn1c(-c2ccc(Cl)cc2)nc2cc(OCCN3CCCC3)ccc21. The Morgan fingerprint density at radius 3 is 2.60 bits per heavy atom. The van der Waals surface area contributed by atoms with Crippen LogP contribution in [0.3, 0.4) is 0 Å². The topological polar surface area (TPSA) is 30.3 Å². The van der Waals surface area contributed by atoms with E-state index in [1.54, 1.807) is 0 Å². The molecule has 2 heterocycles. The normalized spacial score (nSPS) is 15.1. The summed E-state index contributed by atoms with van der Waals surface area (Å²) in [5, 5.41) is 0.733. The Balaban J connectivity index is 1.53. The van der Waals surface area contributed by atoms with Gasteiger partial charge in [-0.15, -0.1) is 0 Å². The van der Waals surface area contributed by atoms with Gasteiger partial charge in [-0.3, -0.25) is 4.90 Å². The van der Waals surface area contributed by atoms with Crippen molar-refractivity contribution in [3.8, 4) is 17.1 Å². The molecule has 4 rings (SSSR count). The summed E-state index contributed by atoms with van der Waals surface area (Å²) in [6.45, 7) is 4.12. The molecule has 1 aromatic heterocycles. The highest BCUT2D eigenvalue weighted by atomic mass is 35.5. The van der Waals surface area contributed by atoms with E-state index in [2.05, 4.69) is 15.5 Å². The molecule has 130 valence electrons. The number of nitrogens with zero attached hydrogens (tertiary/aromatic N) is 3. The molecule has 0 unspecified atom stereocenters. The molecule has 1 fully saturated rings. The molecule has 1 aliphatic rings. The third kappa shape index (κ3) is 3.51. The van der Waals surface area contributed by atoms with Crippen molar-refractivity contribution in [2.75, 3.05) is 26.2 Å². The van der Waals surface area contributed by atoms with E-state index in [-0.39, 0.29) is 0 Å². The molecule has 0 radical (unpaired) electrons. The maximum atomic E-state index is 5.99. The van der Waals surface area contributed by atoms with Crippen LogP contribution in [0.4, 0.5) is 0 Å². The molecule has 0 saturated carbocycles. The second-order valence-electron chi connectivity index (χ2n) is 6.55. The number of hydrogen-bond acceptors (Lipinski definition) is 3. The number of aromatic nitrogens is 2. The van der Waals surface area contributed by atoms with Crippen LogP contribution in [-0.2, 0) is 7.05 Å². The predicted octanol–water partition coefficient (Wildman–Crippen LogP) is 4.37. The van der Waals surface area contributed by atoms with E-state index in [0.29, 0.717) is 0 Å². The number of benzene rings is 2. The molecule has 3 aromatic rings. The highest BCUT2D eigenvalue weighted by Gasteiger charge is 2.12. The van der Waals surface area contributed by atoms with Gasteiger partial charge in [-0.05, 0) is 62.3 Å². The molecule has 0 aliphatic carbocycles. The minimum Gasteiger partial charge on any atom is -0.492 e. The fourth-order valence-electron chi connectivity index (χ4n) is 3.43. The van der Waals surface area contributed by atoms with Gasteiger partial charge in [0, 0.05) is 30.2 Å². The van der Waals surface area contributed by atoms with Crippen LogP contribution in [0.2, 0.25) is 5.02 Å². The first-order chi connectivity index (χ1) is 12.2. The number of aryl methyl sites for hydroxylation is 1. The minimum absolute atomic E-state index is 0.725. The van der Waals surface area contributed by atoms with Crippen molar-refractivity contribution in [1.82, 2.24) is 14.5 Å². The largest absolute Gasteiger partial charge is 0.492 e. The molecule has 5 heteroatoms. The van der Waals surface area contributed by atoms with E-state index in [4.69, 9.17) is 21.3 Å². The van der Waals surface area contributed by atoms with Gasteiger partial charge >= 0.3 is 0 Å². The Labute approximate surface area is 153 Å². The number of rotatable bonds is 5. The first-order valence-corrected chi connectivity index (χ1v) is 9.16. The maximum Gasteiger partial charge on any atom is 0.140 e. The summed E-state index contributed by atoms with van der Waals surface area (Å²) in [4.78, 5) is 7.24. The second-order valence-corrected chi connectivity index (χ2v) is 6.99. The molecule has 0 amide bonds. The molecule has 2 aromatic carbocycles. The van der Waals surface area contributed by atoms with Gasteiger partial charge in [-0.2, -0.15) is 0 Å². The van der Waals surface area contributed by atoms with Gasteiger partial charge in [0.25, 0.3) is 0 Å². The number of ether oxygens (including phenoxy) is 1. The van der Waals surface area contributed by atoms with Crippen molar-refractivity contribution in [3.05, 3.63) is 47.5 Å². The zero-order valence-electron chi connectivity index (χ0n) is 14.4. The Hall–Kier alpha value is -2.04. The quantitative estimate of drug-likeness (QED) is 0.680. The van der Waals surface area contributed by atoms with E-state index in [1.165, 1.54) is 25.9 Å². The highest BCUT2D eigenvalue weighted by Crippen LogP contribution is 2.27. The van der Waals surface area contributed by atoms with Crippen LogP contribution in [0.5, 0.6) is 5.75 Å². The lowest BCUT2D eigenvalue weighted by Gasteiger charge is -2.14. The van der Waals surface area contributed by atoms with Crippen LogP contribution in [0.25, 0.3) is 22.4 Å². The van der Waals surface area contributed by atoms with Gasteiger partial charge in [-0.25, -0.2) is 4.98 Å². The monoisotopic (exact) mass is 355 g/mol. The van der Waals surface area contributed by atoms with Crippen molar-refractivity contribution in [1.29, 1.82) is 0 Å². The van der Waals surface area contributed by atoms with Crippen LogP contribution >= 0.6 is 11.6 Å². The molecule has 0 bridgehead atoms. The lowest BCUT2D eigenvalue weighted by molar-refractivity contribution is 0.238. The van der Waals surface area contributed by atoms with E-state index < -0.39 is 0 Å². The minimum atomic E-state index is 0.725. The number of imidazole rings is 1. The Bertz CT molecular complexity index is 867. The van der Waals surface area contributed by atoms with Crippen molar-refractivity contribution in [3.63, 3.8) is 0 Å². The summed E-state index contributed by atoms with van der Waals surface area (Å²) in [6, 6.07) is 13.9. The van der Waals surface area contributed by atoms with Crippen molar-refractivity contribution in [2.24, 2.45) is 7.05 Å². The van der Waals surface area contributed by atoms with E-state index in [9.17, 15) is 0 Å². The first-order valence-electron chi connectivity index (χ1n) is 8.78. The van der Waals surface area contributed by atoms with E-state index >= 15 is 0 Å². The van der Waals surface area contributed by atoms with E-state index in [0.717, 1.165) is 46.3 Å². The molecule has 1 saturated heterocycles. The summed E-state index contributed by atoms with van der Waals surface area (Å²) in [6.07, 6.45) is 2.63. The Kier molecular flexibility index (Phi) is 4.64. The lowest BCUT2D eigenvalue weighted by Crippen LogP contribution is -2.25. The van der Waals surface area contributed by atoms with Gasteiger partial charge in [0.05, 0.1) is 11.0 Å². The van der Waals surface area contributed by atoms with Gasteiger partial charge in [0.15, 0.2) is 0 Å². The number of hydrogen-bond donors (Lipinski definition) is 0. The summed E-state index contributed by atoms with van der Waals surface area (Å²) >= 11 is 5.99. The fraction of sp³-hybridized carbons (Fsp3) is 0.350. The summed E-state index contributed by atoms with van der Waals surface area (Å²) in [7, 11) is 2.03. The summed E-state index contributed by atoms with van der Waals surface area (Å²) < 4.78 is 8.04. The second kappa shape index (κ2) is 7.06. The summed E-state index contributed by atoms with van der Waals surface area (Å²) in [5.41, 5.74) is 3.10. The highest BCUT2D eigenvalue weighted by molar-refractivity contribution is 6.30. The molecule has 4 nitrogen and oxygen atoms in total. The van der Waals surface area contributed by atoms with Crippen LogP contribution < -0.4 is 4.74 Å². The number of halogens is 1. The standard InChI is InChI=1S/C20H22ClN3O/c1-23-19-9-8-17(25-13-12-24-10-2-3-11-24)14-18(19)22-20(23)15-4-6-16(21)7-5-15/h4-9,14H,2-3,10-13H2,1H3. The molecular formula is C20H22ClN3O. The summed E-state index contributed by atoms with van der Waals surface area (Å²) in [5.74, 6) is 1.81. The predicted molar refractivity (Wildman–Crippen MR) is 102 cm³/mol. The average Bonchev–Trinajstić information content (AvgIpc) is 3.24. The van der Waals surface area contributed by atoms with Crippen LogP contribution in [0.15, 0.2) is 42.5 Å². The molecule has 25 heavy (non-hydrogen) atoms. The molecule has 0 spiro atoms. The first kappa shape index (κ1) is 16.4. The van der Waals surface area contributed by atoms with E-state index in [1.807, 2.05) is 43.4 Å². The Morgan fingerprint density at radius 1 is 1.08 bits per heavy atom. The van der Waals surface area contributed by atoms with Crippen LogP contribution in [0, 0.1) is 0 Å². The average molecular weight is 356 g/mol. The van der Waals surface area contributed by atoms with Crippen molar-refractivity contribution >= 4 is 22.6 Å². The molecule has 1 aliphatic heterocycles. The third-order valence-electron chi connectivity index (χ3n) is 4.83. The van der Waals surface area contributed by atoms with Crippen molar-refractivity contribution < 1.29 is 4.74 Å². The lowest BCUT2D eigenvalue weighted by atomic mass is 10.2.